The number of rotatable bonds is 1. The van der Waals surface area contributed by atoms with Crippen LogP contribution in [0, 0.1) is 0 Å². The first-order valence-corrected chi connectivity index (χ1v) is 4.43. The Labute approximate surface area is 108 Å². The molecule has 5 heteroatoms. The van der Waals surface area contributed by atoms with Gasteiger partial charge in [-0.3, -0.25) is 0 Å². The Morgan fingerprint density at radius 2 is 1.80 bits per heavy atom. The van der Waals surface area contributed by atoms with Gasteiger partial charge in [0.2, 0.25) is 0 Å². The van der Waals surface area contributed by atoms with Crippen LogP contribution < -0.4 is 0 Å². The van der Waals surface area contributed by atoms with Crippen LogP contribution in [0.25, 0.3) is 0 Å². The van der Waals surface area contributed by atoms with Crippen molar-refractivity contribution >= 4 is 67.7 Å². The standard InChI is InChI=1S/C5H14N2OSi.K.H/c1-6(2)5(8)7(3)4-9;;/h4H2,1-3,9H3;;. The van der Waals surface area contributed by atoms with Crippen molar-refractivity contribution in [1.29, 1.82) is 0 Å². The Kier molecular flexibility index (Phi) is 9.33. The molecule has 0 atom stereocenters. The average molecular weight is 186 g/mol. The van der Waals surface area contributed by atoms with Crippen molar-refractivity contribution in [2.45, 2.75) is 0 Å². The molecule has 0 aliphatic heterocycles. The van der Waals surface area contributed by atoms with Gasteiger partial charge < -0.3 is 9.80 Å². The Balaban J connectivity index is 0. The molecule has 0 aliphatic rings. The van der Waals surface area contributed by atoms with Crippen LogP contribution >= 0.6 is 0 Å². The van der Waals surface area contributed by atoms with E-state index in [0.717, 1.165) is 16.4 Å². The molecule has 0 bridgehead atoms. The molecule has 0 aromatic carbocycles. The molecule has 0 saturated heterocycles. The molecule has 3 nitrogen and oxygen atoms in total. The van der Waals surface area contributed by atoms with E-state index in [9.17, 15) is 4.79 Å². The van der Waals surface area contributed by atoms with Crippen molar-refractivity contribution in [2.75, 3.05) is 27.3 Å². The quantitative estimate of drug-likeness (QED) is 0.447. The first-order chi connectivity index (χ1) is 4.09. The second-order valence-corrected chi connectivity index (χ2v) is 2.82. The van der Waals surface area contributed by atoms with Gasteiger partial charge in [0.15, 0.2) is 0 Å². The van der Waals surface area contributed by atoms with E-state index in [1.165, 1.54) is 0 Å². The molecule has 0 N–H and O–H groups in total. The first-order valence-electron chi connectivity index (χ1n) is 3.02. The summed E-state index contributed by atoms with van der Waals surface area (Å²) in [6, 6.07) is 0.0880. The summed E-state index contributed by atoms with van der Waals surface area (Å²) in [4.78, 5) is 14.2. The van der Waals surface area contributed by atoms with Crippen LogP contribution in [0.2, 0.25) is 0 Å². The summed E-state index contributed by atoms with van der Waals surface area (Å²) in [6.45, 7) is 0. The molecule has 10 heavy (non-hydrogen) atoms. The second kappa shape index (κ2) is 6.81. The van der Waals surface area contributed by atoms with E-state index >= 15 is 0 Å². The summed E-state index contributed by atoms with van der Waals surface area (Å²) in [5, 5.41) is 0. The fourth-order valence-corrected chi connectivity index (χ4v) is 0.747. The molecular formula is C5H15KN2OSi. The number of carbonyl (C=O) groups excluding carboxylic acids is 1. The average Bonchev–Trinajstić information content (AvgIpc) is 1.84. The van der Waals surface area contributed by atoms with Gasteiger partial charge >= 0.3 is 57.4 Å². The molecule has 0 heterocycles. The molecule has 56 valence electrons. The topological polar surface area (TPSA) is 23.6 Å². The Hall–Kier alpha value is 1.12. The number of hydrogen-bond donors (Lipinski definition) is 0. The van der Waals surface area contributed by atoms with E-state index in [2.05, 4.69) is 0 Å². The number of amides is 2. The molecule has 0 fully saturated rings. The summed E-state index contributed by atoms with van der Waals surface area (Å²) in [6.07, 6.45) is 0.900. The minimum atomic E-state index is 0. The van der Waals surface area contributed by atoms with Crippen LogP contribution in [0.5, 0.6) is 0 Å². The van der Waals surface area contributed by atoms with E-state index < -0.39 is 0 Å². The van der Waals surface area contributed by atoms with Gasteiger partial charge in [0, 0.05) is 37.6 Å². The van der Waals surface area contributed by atoms with Crippen molar-refractivity contribution in [1.82, 2.24) is 9.80 Å². The Morgan fingerprint density at radius 3 is 1.90 bits per heavy atom. The van der Waals surface area contributed by atoms with E-state index in [1.807, 2.05) is 7.05 Å². The molecule has 0 saturated carbocycles. The molecule has 0 radical (unpaired) electrons. The van der Waals surface area contributed by atoms with Crippen LogP contribution in [0.1, 0.15) is 0 Å². The zero-order chi connectivity index (χ0) is 7.44. The summed E-state index contributed by atoms with van der Waals surface area (Å²) >= 11 is 0. The molecule has 0 aromatic heterocycles. The molecule has 0 spiro atoms. The van der Waals surface area contributed by atoms with E-state index in [0.29, 0.717) is 0 Å². The molecular weight excluding hydrogens is 171 g/mol. The molecule has 0 unspecified atom stereocenters. The normalized spacial score (nSPS) is 8.30. The van der Waals surface area contributed by atoms with Crippen molar-refractivity contribution in [2.24, 2.45) is 0 Å². The third-order valence-electron chi connectivity index (χ3n) is 1.18. The monoisotopic (exact) mass is 186 g/mol. The SMILES string of the molecule is CN(C)C(=O)N(C)C[SiH3].[KH]. The van der Waals surface area contributed by atoms with Gasteiger partial charge in [0.25, 0.3) is 0 Å². The van der Waals surface area contributed by atoms with E-state index in [-0.39, 0.29) is 57.4 Å². The number of hydrogen-bond acceptors (Lipinski definition) is 1. The maximum absolute atomic E-state index is 10.9. The zero-order valence-corrected chi connectivity index (χ0v) is 8.51. The van der Waals surface area contributed by atoms with Crippen LogP contribution in [-0.4, -0.2) is 105 Å². The van der Waals surface area contributed by atoms with Crippen molar-refractivity contribution in [3.63, 3.8) is 0 Å². The van der Waals surface area contributed by atoms with Crippen LogP contribution in [0.4, 0.5) is 4.79 Å². The summed E-state index contributed by atoms with van der Waals surface area (Å²) < 4.78 is 0. The molecule has 2 amide bonds. The van der Waals surface area contributed by atoms with Crippen LogP contribution in [0.15, 0.2) is 0 Å². The molecule has 0 aromatic rings. The van der Waals surface area contributed by atoms with Gasteiger partial charge in [-0.25, -0.2) is 4.79 Å². The predicted octanol–water partition coefficient (Wildman–Crippen LogP) is -1.73. The number of nitrogens with zero attached hydrogens (tertiary/aromatic N) is 2. The number of urea groups is 1. The number of carbonyl (C=O) groups is 1. The van der Waals surface area contributed by atoms with E-state index in [4.69, 9.17) is 0 Å². The van der Waals surface area contributed by atoms with E-state index in [1.54, 1.807) is 23.9 Å². The summed E-state index contributed by atoms with van der Waals surface area (Å²) in [5.41, 5.74) is 0. The van der Waals surface area contributed by atoms with Gasteiger partial charge in [-0.05, 0) is 0 Å². The van der Waals surface area contributed by atoms with Gasteiger partial charge in [-0.1, -0.05) is 0 Å². The van der Waals surface area contributed by atoms with Gasteiger partial charge in [0.1, 0.15) is 0 Å². The van der Waals surface area contributed by atoms with Crippen molar-refractivity contribution < 1.29 is 4.79 Å². The molecule has 0 aliphatic carbocycles. The van der Waals surface area contributed by atoms with Crippen molar-refractivity contribution in [3.8, 4) is 0 Å². The predicted molar refractivity (Wildman–Crippen MR) is 48.8 cm³/mol. The third-order valence-corrected chi connectivity index (χ3v) is 2.13. The maximum atomic E-state index is 10.9. The van der Waals surface area contributed by atoms with Crippen LogP contribution in [-0.2, 0) is 0 Å². The fraction of sp³-hybridized carbons (Fsp3) is 0.800. The zero-order valence-electron chi connectivity index (χ0n) is 6.51. The first kappa shape index (κ1) is 13.7. The Bertz CT molecular complexity index is 110. The second-order valence-electron chi connectivity index (χ2n) is 2.19. The minimum absolute atomic E-state index is 0. The third kappa shape index (κ3) is 4.87. The van der Waals surface area contributed by atoms with Gasteiger partial charge in [-0.15, -0.1) is 0 Å². The fourth-order valence-electron chi connectivity index (χ4n) is 0.477. The van der Waals surface area contributed by atoms with Gasteiger partial charge in [-0.2, -0.15) is 0 Å². The van der Waals surface area contributed by atoms with Crippen molar-refractivity contribution in [3.05, 3.63) is 0 Å². The Morgan fingerprint density at radius 1 is 1.40 bits per heavy atom. The molecule has 0 rings (SSSR count). The van der Waals surface area contributed by atoms with Crippen LogP contribution in [0.3, 0.4) is 0 Å². The summed E-state index contributed by atoms with van der Waals surface area (Å²) in [5.74, 6) is 0. The van der Waals surface area contributed by atoms with Gasteiger partial charge in [0.05, 0.1) is 0 Å². The summed E-state index contributed by atoms with van der Waals surface area (Å²) in [7, 11) is 6.38.